The van der Waals surface area contributed by atoms with E-state index in [1.54, 1.807) is 0 Å². The maximum absolute atomic E-state index is 6.34. The number of fused-ring (bicyclic) bond motifs is 1. The molecule has 0 amide bonds. The molecule has 1 aromatic carbocycles. The predicted octanol–water partition coefficient (Wildman–Crippen LogP) is 3.44. The van der Waals surface area contributed by atoms with E-state index in [-0.39, 0.29) is 12.1 Å². The van der Waals surface area contributed by atoms with Crippen LogP contribution in [0.1, 0.15) is 63.0 Å². The highest BCUT2D eigenvalue weighted by atomic mass is 15.4. The number of benzene rings is 1. The van der Waals surface area contributed by atoms with Gasteiger partial charge in [-0.15, -0.1) is 0 Å². The normalized spacial score (nSPS) is 17.7. The first-order chi connectivity index (χ1) is 16.1. The summed E-state index contributed by atoms with van der Waals surface area (Å²) >= 11 is 0. The van der Waals surface area contributed by atoms with Crippen molar-refractivity contribution in [2.24, 2.45) is 10.7 Å². The smallest absolute Gasteiger partial charge is 0.160 e. The van der Waals surface area contributed by atoms with Crippen LogP contribution < -0.4 is 11.2 Å². The summed E-state index contributed by atoms with van der Waals surface area (Å²) in [5.41, 5.74) is 11.7. The summed E-state index contributed by atoms with van der Waals surface area (Å²) in [6.07, 6.45) is 2.73. The SMILES string of the molecule is [B]c1cc2c(cc1C#Cc1nn([C@H]3CC(C)N(C(=C)C)C3)c(N=C)c1C(=C)N)ncn2C(C)C. The van der Waals surface area contributed by atoms with E-state index < -0.39 is 0 Å². The molecule has 3 aromatic rings. The van der Waals surface area contributed by atoms with E-state index in [0.717, 1.165) is 29.7 Å². The maximum atomic E-state index is 6.34. The Morgan fingerprint density at radius 3 is 2.62 bits per heavy atom. The van der Waals surface area contributed by atoms with E-state index in [2.05, 4.69) is 71.9 Å². The molecule has 1 saturated heterocycles. The van der Waals surface area contributed by atoms with Crippen molar-refractivity contribution in [3.63, 3.8) is 0 Å². The van der Waals surface area contributed by atoms with Crippen LogP contribution in [0.3, 0.4) is 0 Å². The Balaban J connectivity index is 1.77. The predicted molar refractivity (Wildman–Crippen MR) is 141 cm³/mol. The Hall–Kier alpha value is -3.73. The van der Waals surface area contributed by atoms with E-state index >= 15 is 0 Å². The zero-order chi connectivity index (χ0) is 24.7. The largest absolute Gasteiger partial charge is 0.399 e. The molecule has 1 aliphatic rings. The maximum Gasteiger partial charge on any atom is 0.160 e. The van der Waals surface area contributed by atoms with Crippen LogP contribution in [-0.4, -0.2) is 51.4 Å². The van der Waals surface area contributed by atoms with Crippen LogP contribution in [0.25, 0.3) is 16.7 Å². The molecule has 0 aliphatic carbocycles. The molecule has 2 aromatic heterocycles. The number of aromatic nitrogens is 4. The molecule has 0 saturated carbocycles. The van der Waals surface area contributed by atoms with Gasteiger partial charge < -0.3 is 15.2 Å². The number of allylic oxidation sites excluding steroid dienone is 1. The van der Waals surface area contributed by atoms with Gasteiger partial charge in [0.05, 0.1) is 29.0 Å². The summed E-state index contributed by atoms with van der Waals surface area (Å²) in [4.78, 5) is 11.0. The highest BCUT2D eigenvalue weighted by molar-refractivity contribution is 6.34. The second-order valence-corrected chi connectivity index (χ2v) is 9.23. The lowest BCUT2D eigenvalue weighted by atomic mass is 9.90. The van der Waals surface area contributed by atoms with Gasteiger partial charge in [0.15, 0.2) is 5.82 Å². The zero-order valence-electron chi connectivity index (χ0n) is 20.3. The lowest BCUT2D eigenvalue weighted by Gasteiger charge is -2.23. The van der Waals surface area contributed by atoms with Gasteiger partial charge in [0, 0.05) is 35.6 Å². The summed E-state index contributed by atoms with van der Waals surface area (Å²) in [6.45, 7) is 21.0. The topological polar surface area (TPSA) is 77.3 Å². The number of aliphatic imine (C=N–C) groups is 1. The van der Waals surface area contributed by atoms with Gasteiger partial charge in [-0.2, -0.15) is 5.10 Å². The van der Waals surface area contributed by atoms with Crippen LogP contribution >= 0.6 is 0 Å². The van der Waals surface area contributed by atoms with E-state index in [1.807, 2.05) is 30.1 Å². The molecule has 8 heteroatoms. The summed E-state index contributed by atoms with van der Waals surface area (Å²) < 4.78 is 3.96. The first-order valence-corrected chi connectivity index (χ1v) is 11.4. The van der Waals surface area contributed by atoms with Gasteiger partial charge in [0.1, 0.15) is 13.5 Å². The first-order valence-electron chi connectivity index (χ1n) is 11.4. The van der Waals surface area contributed by atoms with Gasteiger partial charge in [-0.3, -0.25) is 0 Å². The number of rotatable bonds is 5. The molecule has 2 radical (unpaired) electrons. The van der Waals surface area contributed by atoms with Crippen molar-refractivity contribution >= 4 is 42.6 Å². The molecule has 2 atom stereocenters. The molecule has 172 valence electrons. The molecule has 1 aliphatic heterocycles. The van der Waals surface area contributed by atoms with Gasteiger partial charge in [-0.1, -0.05) is 24.5 Å². The molecule has 1 fully saturated rings. The monoisotopic (exact) mass is 451 g/mol. The Labute approximate surface area is 202 Å². The fourth-order valence-corrected chi connectivity index (χ4v) is 4.66. The zero-order valence-corrected chi connectivity index (χ0v) is 20.3. The van der Waals surface area contributed by atoms with Crippen LogP contribution in [0.15, 0.2) is 42.3 Å². The second-order valence-electron chi connectivity index (χ2n) is 9.23. The molecular formula is C26H30BN7. The third-order valence-electron chi connectivity index (χ3n) is 6.36. The molecule has 34 heavy (non-hydrogen) atoms. The fourth-order valence-electron chi connectivity index (χ4n) is 4.66. The van der Waals surface area contributed by atoms with E-state index in [1.165, 1.54) is 0 Å². The number of likely N-dealkylation sites (tertiary alicyclic amines) is 1. The van der Waals surface area contributed by atoms with E-state index in [0.29, 0.717) is 39.8 Å². The van der Waals surface area contributed by atoms with E-state index in [4.69, 9.17) is 18.7 Å². The number of hydrogen-bond donors (Lipinski definition) is 1. The standard InChI is InChI=1S/C26H30BN7/c1-15(2)32-13-20(10-17(32)5)34-26(29-7)25(18(6)28)22(31-34)9-8-19-11-23-24(12-21(19)27)33(14-30-23)16(3)4/h11-12,14,16-17,20H,1,6-7,10,13,28H2,2-5H3/t17?,20-/m0/s1. The third-order valence-corrected chi connectivity index (χ3v) is 6.36. The van der Waals surface area contributed by atoms with Crippen molar-refractivity contribution in [3.8, 4) is 11.8 Å². The van der Waals surface area contributed by atoms with Gasteiger partial charge in [-0.25, -0.2) is 14.7 Å². The quantitative estimate of drug-likeness (QED) is 0.366. The highest BCUT2D eigenvalue weighted by Gasteiger charge is 2.33. The van der Waals surface area contributed by atoms with Crippen molar-refractivity contribution in [1.29, 1.82) is 0 Å². The average Bonchev–Trinajstić information content (AvgIpc) is 3.45. The summed E-state index contributed by atoms with van der Waals surface area (Å²) in [6, 6.07) is 4.55. The fraction of sp³-hybridized carbons (Fsp3) is 0.346. The number of nitrogens with two attached hydrogens (primary N) is 1. The van der Waals surface area contributed by atoms with Crippen LogP contribution in [0.5, 0.6) is 0 Å². The van der Waals surface area contributed by atoms with Crippen LogP contribution in [-0.2, 0) is 0 Å². The molecule has 3 heterocycles. The van der Waals surface area contributed by atoms with Crippen LogP contribution in [0.4, 0.5) is 5.82 Å². The Kier molecular flexibility index (Phi) is 6.14. The second kappa shape index (κ2) is 8.90. The van der Waals surface area contributed by atoms with Gasteiger partial charge in [-0.05, 0) is 58.9 Å². The number of hydrogen-bond acceptors (Lipinski definition) is 5. The minimum absolute atomic E-state index is 0.0993. The van der Waals surface area contributed by atoms with Crippen molar-refractivity contribution in [2.75, 3.05) is 6.54 Å². The molecule has 0 bridgehead atoms. The molecule has 4 rings (SSSR count). The summed E-state index contributed by atoms with van der Waals surface area (Å²) in [5.74, 6) is 6.90. The third kappa shape index (κ3) is 4.03. The Morgan fingerprint density at radius 1 is 1.29 bits per heavy atom. The number of imidazole rings is 1. The molecular weight excluding hydrogens is 421 g/mol. The van der Waals surface area contributed by atoms with Crippen molar-refractivity contribution in [2.45, 2.75) is 52.2 Å². The minimum atomic E-state index is 0.0993. The Morgan fingerprint density at radius 2 is 2.03 bits per heavy atom. The minimum Gasteiger partial charge on any atom is -0.399 e. The lowest BCUT2D eigenvalue weighted by Crippen LogP contribution is -2.24. The molecule has 2 N–H and O–H groups in total. The lowest BCUT2D eigenvalue weighted by molar-refractivity contribution is 0.335. The summed E-state index contributed by atoms with van der Waals surface area (Å²) in [7, 11) is 6.34. The van der Waals surface area contributed by atoms with Gasteiger partial charge in [0.2, 0.25) is 0 Å². The van der Waals surface area contributed by atoms with Crippen LogP contribution in [0, 0.1) is 11.8 Å². The van der Waals surface area contributed by atoms with Gasteiger partial charge in [0.25, 0.3) is 0 Å². The first kappa shape index (κ1) is 23.4. The van der Waals surface area contributed by atoms with Crippen molar-refractivity contribution < 1.29 is 0 Å². The highest BCUT2D eigenvalue weighted by Crippen LogP contribution is 2.36. The van der Waals surface area contributed by atoms with Crippen LogP contribution in [0.2, 0.25) is 0 Å². The molecule has 1 unspecified atom stereocenters. The van der Waals surface area contributed by atoms with Gasteiger partial charge >= 0.3 is 0 Å². The van der Waals surface area contributed by atoms with E-state index in [9.17, 15) is 0 Å². The summed E-state index contributed by atoms with van der Waals surface area (Å²) in [5, 5.41) is 4.80. The van der Waals surface area contributed by atoms with Crippen molar-refractivity contribution in [1.82, 2.24) is 24.2 Å². The molecule has 7 nitrogen and oxygen atoms in total. The molecule has 0 spiro atoms. The average molecular weight is 451 g/mol. The Bertz CT molecular complexity index is 1370. The number of nitrogens with zero attached hydrogens (tertiary/aromatic N) is 6. The van der Waals surface area contributed by atoms with Crippen molar-refractivity contribution in [3.05, 3.63) is 54.1 Å².